The highest BCUT2D eigenvalue weighted by molar-refractivity contribution is 7.89. The number of hydrogen-bond donors (Lipinski definition) is 1. The van der Waals surface area contributed by atoms with Crippen LogP contribution in [0.5, 0.6) is 0 Å². The quantitative estimate of drug-likeness (QED) is 0.712. The van der Waals surface area contributed by atoms with E-state index in [1.54, 1.807) is 0 Å². The topological polar surface area (TPSA) is 78.0 Å². The van der Waals surface area contributed by atoms with Crippen molar-refractivity contribution in [2.45, 2.75) is 31.3 Å². The highest BCUT2D eigenvalue weighted by Gasteiger charge is 2.22. The molecule has 5 nitrogen and oxygen atoms in total. The maximum Gasteiger partial charge on any atom is 0.255 e. The van der Waals surface area contributed by atoms with Crippen molar-refractivity contribution in [3.8, 4) is 0 Å². The van der Waals surface area contributed by atoms with Crippen LogP contribution < -0.4 is 5.14 Å². The van der Waals surface area contributed by atoms with Crippen LogP contribution in [0.1, 0.15) is 20.8 Å². The SMILES string of the molecule is CC(C)(C)n1nccc1S(N)(=O)=O. The standard InChI is InChI=1S/C7H13N3O2S/c1-7(2,3)10-6(4-5-9-10)13(8,11)12/h4-5H,1-3H3,(H2,8,11,12). The van der Waals surface area contributed by atoms with Crippen LogP contribution in [0.25, 0.3) is 0 Å². The molecule has 0 saturated carbocycles. The van der Waals surface area contributed by atoms with Crippen LogP contribution in [0.3, 0.4) is 0 Å². The van der Waals surface area contributed by atoms with Gasteiger partial charge in [0.2, 0.25) is 0 Å². The van der Waals surface area contributed by atoms with E-state index >= 15 is 0 Å². The van der Waals surface area contributed by atoms with E-state index in [4.69, 9.17) is 5.14 Å². The molecule has 0 radical (unpaired) electrons. The molecule has 0 spiro atoms. The van der Waals surface area contributed by atoms with E-state index in [9.17, 15) is 8.42 Å². The summed E-state index contributed by atoms with van der Waals surface area (Å²) in [6.45, 7) is 5.57. The molecule has 0 aliphatic rings. The Balaban J connectivity index is 3.35. The first-order chi connectivity index (χ1) is 5.73. The van der Waals surface area contributed by atoms with Gasteiger partial charge in [-0.05, 0) is 26.8 Å². The molecule has 1 aromatic rings. The maximum atomic E-state index is 11.1. The second-order valence-electron chi connectivity index (χ2n) is 3.80. The van der Waals surface area contributed by atoms with E-state index in [1.165, 1.54) is 16.9 Å². The molecular weight excluding hydrogens is 190 g/mol. The third-order valence-corrected chi connectivity index (χ3v) is 2.43. The molecule has 0 aliphatic carbocycles. The molecule has 74 valence electrons. The van der Waals surface area contributed by atoms with Crippen molar-refractivity contribution in [1.82, 2.24) is 9.78 Å². The van der Waals surface area contributed by atoms with Crippen molar-refractivity contribution in [2.24, 2.45) is 5.14 Å². The van der Waals surface area contributed by atoms with Gasteiger partial charge in [-0.2, -0.15) is 5.10 Å². The predicted octanol–water partition coefficient (Wildman–Crippen LogP) is 0.286. The lowest BCUT2D eigenvalue weighted by Gasteiger charge is -2.21. The third-order valence-electron chi connectivity index (χ3n) is 1.53. The molecule has 1 heterocycles. The van der Waals surface area contributed by atoms with Gasteiger partial charge in [-0.1, -0.05) is 0 Å². The van der Waals surface area contributed by atoms with E-state index in [1.807, 2.05) is 20.8 Å². The predicted molar refractivity (Wildman–Crippen MR) is 48.6 cm³/mol. The van der Waals surface area contributed by atoms with E-state index in [0.29, 0.717) is 0 Å². The number of hydrogen-bond acceptors (Lipinski definition) is 3. The number of nitrogens with two attached hydrogens (primary N) is 1. The molecule has 0 unspecified atom stereocenters. The second kappa shape index (κ2) is 2.81. The summed E-state index contributed by atoms with van der Waals surface area (Å²) in [5.41, 5.74) is -0.384. The fraction of sp³-hybridized carbons (Fsp3) is 0.571. The number of primary sulfonamides is 1. The molecular formula is C7H13N3O2S. The smallest absolute Gasteiger partial charge is 0.248 e. The van der Waals surface area contributed by atoms with Gasteiger partial charge in [0, 0.05) is 0 Å². The zero-order chi connectivity index (χ0) is 10.3. The first-order valence-corrected chi connectivity index (χ1v) is 5.35. The van der Waals surface area contributed by atoms with Crippen molar-refractivity contribution in [2.75, 3.05) is 0 Å². The summed E-state index contributed by atoms with van der Waals surface area (Å²) in [5, 5.41) is 8.96. The maximum absolute atomic E-state index is 11.1. The summed E-state index contributed by atoms with van der Waals surface area (Å²) in [7, 11) is -3.67. The summed E-state index contributed by atoms with van der Waals surface area (Å²) in [5.74, 6) is 0. The van der Waals surface area contributed by atoms with Gasteiger partial charge in [0.15, 0.2) is 5.03 Å². The van der Waals surface area contributed by atoms with Gasteiger partial charge in [0.25, 0.3) is 10.0 Å². The molecule has 0 fully saturated rings. The fourth-order valence-corrected chi connectivity index (χ4v) is 1.82. The van der Waals surface area contributed by atoms with Crippen molar-refractivity contribution >= 4 is 10.0 Å². The number of nitrogens with zero attached hydrogens (tertiary/aromatic N) is 2. The van der Waals surface area contributed by atoms with E-state index < -0.39 is 10.0 Å². The molecule has 0 aromatic carbocycles. The van der Waals surface area contributed by atoms with Gasteiger partial charge in [0.1, 0.15) is 0 Å². The number of rotatable bonds is 1. The summed E-state index contributed by atoms with van der Waals surface area (Å²) in [6, 6.07) is 1.39. The Hall–Kier alpha value is -0.880. The van der Waals surface area contributed by atoms with E-state index in [-0.39, 0.29) is 10.6 Å². The Morgan fingerprint density at radius 2 is 2.00 bits per heavy atom. The lowest BCUT2D eigenvalue weighted by atomic mass is 10.1. The van der Waals surface area contributed by atoms with Crippen LogP contribution in [-0.2, 0) is 15.6 Å². The lowest BCUT2D eigenvalue weighted by molar-refractivity contribution is 0.326. The van der Waals surface area contributed by atoms with Crippen LogP contribution in [0.15, 0.2) is 17.3 Å². The Morgan fingerprint density at radius 1 is 1.46 bits per heavy atom. The van der Waals surface area contributed by atoms with Crippen molar-refractivity contribution in [3.05, 3.63) is 12.3 Å². The Bertz CT molecular complexity index is 400. The summed E-state index contributed by atoms with van der Waals surface area (Å²) in [4.78, 5) is 0. The molecule has 0 bridgehead atoms. The van der Waals surface area contributed by atoms with Gasteiger partial charge >= 0.3 is 0 Å². The Morgan fingerprint density at radius 3 is 2.31 bits per heavy atom. The monoisotopic (exact) mass is 203 g/mol. The van der Waals surface area contributed by atoms with Crippen LogP contribution in [0, 0.1) is 0 Å². The largest absolute Gasteiger partial charge is 0.255 e. The molecule has 0 saturated heterocycles. The van der Waals surface area contributed by atoms with Crippen LogP contribution in [-0.4, -0.2) is 18.2 Å². The normalized spacial score (nSPS) is 13.2. The van der Waals surface area contributed by atoms with Crippen molar-refractivity contribution in [3.63, 3.8) is 0 Å². The average molecular weight is 203 g/mol. The first-order valence-electron chi connectivity index (χ1n) is 3.80. The first kappa shape index (κ1) is 10.2. The molecule has 6 heteroatoms. The molecule has 1 aromatic heterocycles. The van der Waals surface area contributed by atoms with Gasteiger partial charge in [-0.25, -0.2) is 18.2 Å². The van der Waals surface area contributed by atoms with E-state index in [2.05, 4.69) is 5.10 Å². The average Bonchev–Trinajstić information content (AvgIpc) is 2.27. The summed E-state index contributed by atoms with van der Waals surface area (Å²) >= 11 is 0. The Labute approximate surface area is 77.6 Å². The zero-order valence-corrected chi connectivity index (χ0v) is 8.67. The molecule has 0 amide bonds. The van der Waals surface area contributed by atoms with Crippen LogP contribution >= 0.6 is 0 Å². The molecule has 2 N–H and O–H groups in total. The van der Waals surface area contributed by atoms with Crippen molar-refractivity contribution in [1.29, 1.82) is 0 Å². The van der Waals surface area contributed by atoms with Gasteiger partial charge < -0.3 is 0 Å². The lowest BCUT2D eigenvalue weighted by Crippen LogP contribution is -2.28. The minimum atomic E-state index is -3.67. The summed E-state index contributed by atoms with van der Waals surface area (Å²) < 4.78 is 23.5. The van der Waals surface area contributed by atoms with Crippen molar-refractivity contribution < 1.29 is 8.42 Å². The summed E-state index contributed by atoms with van der Waals surface area (Å²) in [6.07, 6.45) is 1.42. The molecule has 0 atom stereocenters. The highest BCUT2D eigenvalue weighted by Crippen LogP contribution is 2.17. The molecule has 1 rings (SSSR count). The second-order valence-corrected chi connectivity index (χ2v) is 5.31. The van der Waals surface area contributed by atoms with Gasteiger partial charge in [0.05, 0.1) is 11.7 Å². The zero-order valence-electron chi connectivity index (χ0n) is 7.85. The van der Waals surface area contributed by atoms with Gasteiger partial charge in [-0.15, -0.1) is 0 Å². The third kappa shape index (κ3) is 2.07. The highest BCUT2D eigenvalue weighted by atomic mass is 32.2. The minimum Gasteiger partial charge on any atom is -0.248 e. The van der Waals surface area contributed by atoms with Gasteiger partial charge in [-0.3, -0.25) is 0 Å². The molecule has 13 heavy (non-hydrogen) atoms. The fourth-order valence-electron chi connectivity index (χ4n) is 1.01. The number of sulfonamides is 1. The Kier molecular flexibility index (Phi) is 2.21. The number of aromatic nitrogens is 2. The minimum absolute atomic E-state index is 0.0417. The molecule has 0 aliphatic heterocycles. The van der Waals surface area contributed by atoms with Crippen LogP contribution in [0.4, 0.5) is 0 Å². The van der Waals surface area contributed by atoms with E-state index in [0.717, 1.165) is 0 Å². The van der Waals surface area contributed by atoms with Crippen LogP contribution in [0.2, 0.25) is 0 Å².